The smallest absolute Gasteiger partial charge is 0.269 e. The van der Waals surface area contributed by atoms with Crippen LogP contribution in [0.3, 0.4) is 0 Å². The molecular formula is C27H26IN3O5S. The number of hydrogen-bond donors (Lipinski definition) is 2. The van der Waals surface area contributed by atoms with Crippen LogP contribution in [0.2, 0.25) is 0 Å². The minimum atomic E-state index is -0.430. The van der Waals surface area contributed by atoms with Crippen LogP contribution in [0.25, 0.3) is 6.08 Å². The average molecular weight is 631 g/mol. The molecule has 0 bridgehead atoms. The molecule has 1 heterocycles. The maximum atomic E-state index is 12.6. The number of rotatable bonds is 10. The van der Waals surface area contributed by atoms with Crippen LogP contribution in [0.15, 0.2) is 65.6 Å². The number of amides is 1. The Kier molecular flexibility index (Phi) is 8.93. The van der Waals surface area contributed by atoms with E-state index in [1.165, 1.54) is 29.5 Å². The van der Waals surface area contributed by atoms with E-state index in [1.807, 2.05) is 37.3 Å². The van der Waals surface area contributed by atoms with E-state index in [-0.39, 0.29) is 23.7 Å². The van der Waals surface area contributed by atoms with Crippen molar-refractivity contribution >= 4 is 57.7 Å². The lowest BCUT2D eigenvalue weighted by molar-refractivity contribution is -0.384. The van der Waals surface area contributed by atoms with Crippen molar-refractivity contribution in [3.8, 4) is 11.5 Å². The van der Waals surface area contributed by atoms with Crippen molar-refractivity contribution < 1.29 is 19.2 Å². The van der Waals surface area contributed by atoms with Crippen LogP contribution in [-0.4, -0.2) is 22.9 Å². The third-order valence-corrected chi connectivity index (χ3v) is 7.35. The van der Waals surface area contributed by atoms with Crippen LogP contribution in [0.5, 0.6) is 11.5 Å². The average Bonchev–Trinajstić information content (AvgIpc) is 3.22. The van der Waals surface area contributed by atoms with Crippen molar-refractivity contribution in [1.29, 1.82) is 0 Å². The first-order valence-corrected chi connectivity index (χ1v) is 13.7. The first-order valence-electron chi connectivity index (χ1n) is 11.7. The third-order valence-electron chi connectivity index (χ3n) is 5.52. The van der Waals surface area contributed by atoms with E-state index < -0.39 is 4.92 Å². The predicted molar refractivity (Wildman–Crippen MR) is 155 cm³/mol. The molecule has 37 heavy (non-hydrogen) atoms. The van der Waals surface area contributed by atoms with Gasteiger partial charge in [-0.1, -0.05) is 43.0 Å². The number of nitrogens with zero attached hydrogens (tertiary/aromatic N) is 1. The van der Waals surface area contributed by atoms with Crippen LogP contribution in [0.4, 0.5) is 11.4 Å². The molecule has 8 nitrogen and oxygen atoms in total. The van der Waals surface area contributed by atoms with Gasteiger partial charge in [-0.3, -0.25) is 14.9 Å². The van der Waals surface area contributed by atoms with Gasteiger partial charge in [0.2, 0.25) is 0 Å². The number of nitrogens with one attached hydrogen (secondary N) is 2. The summed E-state index contributed by atoms with van der Waals surface area (Å²) in [7, 11) is 0. The molecular weight excluding hydrogens is 605 g/mol. The Bertz CT molecular complexity index is 1330. The summed E-state index contributed by atoms with van der Waals surface area (Å²) < 4.78 is 12.7. The van der Waals surface area contributed by atoms with E-state index in [9.17, 15) is 14.9 Å². The summed E-state index contributed by atoms with van der Waals surface area (Å²) in [5, 5.41) is 17.4. The van der Waals surface area contributed by atoms with Crippen molar-refractivity contribution in [1.82, 2.24) is 5.32 Å². The zero-order valence-electron chi connectivity index (χ0n) is 20.3. The molecule has 1 saturated heterocycles. The van der Waals surface area contributed by atoms with Crippen molar-refractivity contribution in [2.45, 2.75) is 32.4 Å². The molecule has 2 N–H and O–H groups in total. The van der Waals surface area contributed by atoms with Gasteiger partial charge < -0.3 is 20.1 Å². The highest BCUT2D eigenvalue weighted by molar-refractivity contribution is 14.1. The van der Waals surface area contributed by atoms with Crippen LogP contribution in [0, 0.1) is 13.7 Å². The van der Waals surface area contributed by atoms with Crippen LogP contribution < -0.4 is 20.1 Å². The molecule has 0 unspecified atom stereocenters. The van der Waals surface area contributed by atoms with Gasteiger partial charge in [0.25, 0.3) is 11.6 Å². The van der Waals surface area contributed by atoms with E-state index in [4.69, 9.17) is 9.47 Å². The second kappa shape index (κ2) is 12.3. The lowest BCUT2D eigenvalue weighted by Crippen LogP contribution is -2.30. The van der Waals surface area contributed by atoms with Crippen LogP contribution >= 0.6 is 34.4 Å². The van der Waals surface area contributed by atoms with Crippen molar-refractivity contribution in [3.63, 3.8) is 0 Å². The zero-order chi connectivity index (χ0) is 26.4. The number of aryl methyl sites for hydroxylation is 1. The fraction of sp³-hybridized carbons (Fsp3) is 0.222. The molecule has 10 heteroatoms. The number of anilines is 1. The highest BCUT2D eigenvalue weighted by Gasteiger charge is 2.27. The Morgan fingerprint density at radius 3 is 2.59 bits per heavy atom. The minimum Gasteiger partial charge on any atom is -0.490 e. The maximum absolute atomic E-state index is 12.6. The molecule has 0 aliphatic carbocycles. The number of benzene rings is 3. The van der Waals surface area contributed by atoms with Gasteiger partial charge in [0.05, 0.1) is 20.0 Å². The number of carbonyl (C=O) groups excluding carboxylic acids is 1. The first-order chi connectivity index (χ1) is 17.9. The molecule has 3 aromatic rings. The SMILES string of the molecule is CCOc1cc(/C=C2\S[C@H](Nc3ccc(CC)cc3)NC2=O)cc(I)c1OCc1cccc([N+](=O)[O-])c1. The molecule has 1 atom stereocenters. The Labute approximate surface area is 233 Å². The Morgan fingerprint density at radius 2 is 1.89 bits per heavy atom. The minimum absolute atomic E-state index is 0.0147. The van der Waals surface area contributed by atoms with Crippen molar-refractivity contribution in [2.75, 3.05) is 11.9 Å². The van der Waals surface area contributed by atoms with Gasteiger partial charge in [-0.2, -0.15) is 0 Å². The number of hydrogen-bond acceptors (Lipinski definition) is 7. The van der Waals surface area contributed by atoms with Gasteiger partial charge in [-0.15, -0.1) is 0 Å². The van der Waals surface area contributed by atoms with E-state index in [1.54, 1.807) is 12.1 Å². The summed E-state index contributed by atoms with van der Waals surface area (Å²) in [6.45, 7) is 4.58. The molecule has 0 spiro atoms. The molecule has 0 saturated carbocycles. The van der Waals surface area contributed by atoms with Gasteiger partial charge in [0.15, 0.2) is 17.0 Å². The molecule has 1 aliphatic rings. The Morgan fingerprint density at radius 1 is 1.11 bits per heavy atom. The summed E-state index contributed by atoms with van der Waals surface area (Å²) in [5.41, 5.74) is 3.43. The first kappa shape index (κ1) is 26.8. The summed E-state index contributed by atoms with van der Waals surface area (Å²) in [4.78, 5) is 23.9. The Hall–Kier alpha value is -3.25. The molecule has 1 fully saturated rings. The summed E-state index contributed by atoms with van der Waals surface area (Å²) in [5.74, 6) is 0.946. The number of nitro groups is 1. The molecule has 0 aromatic heterocycles. The standard InChI is InChI=1S/C27H26IN3O5S/c1-3-17-8-10-20(11-9-17)29-27-30-26(32)24(37-27)15-19-13-22(28)25(23(14-19)35-4-2)36-16-18-6-5-7-21(12-18)31(33)34/h5-15,27,29H,3-4,16H2,1-2H3,(H,30,32)/b24-15-/t27-/m1/s1. The van der Waals surface area contributed by atoms with Gasteiger partial charge in [-0.05, 0) is 83.0 Å². The van der Waals surface area contributed by atoms with Gasteiger partial charge in [0.1, 0.15) is 6.61 Å². The molecule has 4 rings (SSSR count). The number of thioether (sulfide) groups is 1. The highest BCUT2D eigenvalue weighted by atomic mass is 127. The lowest BCUT2D eigenvalue weighted by atomic mass is 10.1. The largest absolute Gasteiger partial charge is 0.490 e. The lowest BCUT2D eigenvalue weighted by Gasteiger charge is -2.15. The molecule has 3 aromatic carbocycles. The van der Waals surface area contributed by atoms with Crippen molar-refractivity contribution in [2.24, 2.45) is 0 Å². The quantitative estimate of drug-likeness (QED) is 0.117. The molecule has 192 valence electrons. The van der Waals surface area contributed by atoms with E-state index >= 15 is 0 Å². The van der Waals surface area contributed by atoms with Crippen LogP contribution in [0.1, 0.15) is 30.5 Å². The summed E-state index contributed by atoms with van der Waals surface area (Å²) >= 11 is 3.58. The molecule has 1 amide bonds. The number of halogens is 1. The number of nitro benzene ring substituents is 1. The third kappa shape index (κ3) is 6.95. The number of carbonyl (C=O) groups is 1. The fourth-order valence-corrected chi connectivity index (χ4v) is 5.46. The Balaban J connectivity index is 1.49. The molecule has 1 aliphatic heterocycles. The summed E-state index contributed by atoms with van der Waals surface area (Å²) in [6.07, 6.45) is 2.81. The monoisotopic (exact) mass is 631 g/mol. The zero-order valence-corrected chi connectivity index (χ0v) is 23.3. The molecule has 0 radical (unpaired) electrons. The van der Waals surface area contributed by atoms with E-state index in [0.717, 1.165) is 21.2 Å². The number of non-ortho nitro benzene ring substituents is 1. The second-order valence-corrected chi connectivity index (χ2v) is 10.5. The maximum Gasteiger partial charge on any atom is 0.269 e. The predicted octanol–water partition coefficient (Wildman–Crippen LogP) is 6.34. The summed E-state index contributed by atoms with van der Waals surface area (Å²) in [6, 6.07) is 18.2. The van der Waals surface area contributed by atoms with E-state index in [2.05, 4.69) is 52.3 Å². The fourth-order valence-electron chi connectivity index (χ4n) is 3.69. The highest BCUT2D eigenvalue weighted by Crippen LogP contribution is 2.37. The second-order valence-electron chi connectivity index (χ2n) is 8.15. The van der Waals surface area contributed by atoms with Gasteiger partial charge >= 0.3 is 0 Å². The van der Waals surface area contributed by atoms with E-state index in [0.29, 0.717) is 28.6 Å². The van der Waals surface area contributed by atoms with Crippen LogP contribution in [-0.2, 0) is 17.8 Å². The normalized spacial score (nSPS) is 15.9. The van der Waals surface area contributed by atoms with Gasteiger partial charge in [0, 0.05) is 17.8 Å². The topological polar surface area (TPSA) is 103 Å². The van der Waals surface area contributed by atoms with Gasteiger partial charge in [-0.25, -0.2) is 0 Å². The van der Waals surface area contributed by atoms with Crippen molar-refractivity contribution in [3.05, 3.63) is 95.9 Å². The number of ether oxygens (including phenoxy) is 2.